The summed E-state index contributed by atoms with van der Waals surface area (Å²) >= 11 is 0. The lowest BCUT2D eigenvalue weighted by Crippen LogP contribution is -2.19. The molecule has 0 N–H and O–H groups in total. The number of anilines is 1. The smallest absolute Gasteiger partial charge is 0.150 e. The number of aldehydes is 1. The lowest BCUT2D eigenvalue weighted by molar-refractivity contribution is 0.112. The van der Waals surface area contributed by atoms with Gasteiger partial charge in [-0.05, 0) is 42.0 Å². The summed E-state index contributed by atoms with van der Waals surface area (Å²) in [6.07, 6.45) is 3.31. The van der Waals surface area contributed by atoms with Gasteiger partial charge in [-0.2, -0.15) is 0 Å². The van der Waals surface area contributed by atoms with Crippen molar-refractivity contribution in [2.45, 2.75) is 32.1 Å². The third-order valence-corrected chi connectivity index (χ3v) is 3.59. The Morgan fingerprint density at radius 2 is 2.12 bits per heavy atom. The van der Waals surface area contributed by atoms with Gasteiger partial charge in [-0.25, -0.2) is 0 Å². The number of nitrogens with zero attached hydrogens (tertiary/aromatic N) is 1. The van der Waals surface area contributed by atoms with Gasteiger partial charge < -0.3 is 4.90 Å². The highest BCUT2D eigenvalue weighted by molar-refractivity contribution is 5.77. The Balaban J connectivity index is 2.58. The highest BCUT2D eigenvalue weighted by Crippen LogP contribution is 2.38. The molecule has 86 valence electrons. The van der Waals surface area contributed by atoms with Gasteiger partial charge in [0.1, 0.15) is 6.29 Å². The summed E-state index contributed by atoms with van der Waals surface area (Å²) in [7, 11) is 2.13. The van der Waals surface area contributed by atoms with Gasteiger partial charge in [-0.1, -0.05) is 13.8 Å². The summed E-state index contributed by atoms with van der Waals surface area (Å²) < 4.78 is 0. The molecule has 0 saturated carbocycles. The first-order chi connectivity index (χ1) is 7.54. The molecule has 0 amide bonds. The SMILES string of the molecule is CN1CCCC(C)(C)c2cc(C=O)ccc21. The van der Waals surface area contributed by atoms with Crippen LogP contribution < -0.4 is 4.90 Å². The second-order valence-electron chi connectivity index (χ2n) is 5.30. The molecular weight excluding hydrogens is 198 g/mol. The summed E-state index contributed by atoms with van der Waals surface area (Å²) in [5, 5.41) is 0. The Bertz CT molecular complexity index is 409. The molecule has 1 aromatic carbocycles. The standard InChI is InChI=1S/C14H19NO/c1-14(2)7-4-8-15(3)13-6-5-11(10-16)9-12(13)14/h5-6,9-10H,4,7-8H2,1-3H3. The molecule has 0 radical (unpaired) electrons. The average molecular weight is 217 g/mol. The Labute approximate surface area is 97.3 Å². The second-order valence-corrected chi connectivity index (χ2v) is 5.30. The fourth-order valence-corrected chi connectivity index (χ4v) is 2.52. The summed E-state index contributed by atoms with van der Waals surface area (Å²) in [5.74, 6) is 0. The van der Waals surface area contributed by atoms with E-state index in [-0.39, 0.29) is 5.41 Å². The maximum absolute atomic E-state index is 10.9. The molecule has 0 aromatic heterocycles. The predicted molar refractivity (Wildman–Crippen MR) is 67.4 cm³/mol. The topological polar surface area (TPSA) is 20.3 Å². The predicted octanol–water partition coefficient (Wildman–Crippen LogP) is 3.01. The van der Waals surface area contributed by atoms with Gasteiger partial charge in [0.25, 0.3) is 0 Å². The molecule has 0 aliphatic carbocycles. The van der Waals surface area contributed by atoms with Gasteiger partial charge in [-0.3, -0.25) is 4.79 Å². The lowest BCUT2D eigenvalue weighted by Gasteiger charge is -2.27. The van der Waals surface area contributed by atoms with Gasteiger partial charge >= 0.3 is 0 Å². The second kappa shape index (κ2) is 3.93. The molecule has 0 spiro atoms. The van der Waals surface area contributed by atoms with Crippen LogP contribution in [0, 0.1) is 0 Å². The van der Waals surface area contributed by atoms with E-state index in [1.54, 1.807) is 0 Å². The first kappa shape index (κ1) is 11.2. The minimum Gasteiger partial charge on any atom is -0.374 e. The zero-order valence-electron chi connectivity index (χ0n) is 10.3. The van der Waals surface area contributed by atoms with Gasteiger partial charge in [0.2, 0.25) is 0 Å². The molecule has 0 bridgehead atoms. The largest absolute Gasteiger partial charge is 0.374 e. The number of benzene rings is 1. The number of fused-ring (bicyclic) bond motifs is 1. The molecule has 1 aromatic rings. The van der Waals surface area contributed by atoms with E-state index in [2.05, 4.69) is 31.9 Å². The van der Waals surface area contributed by atoms with E-state index < -0.39 is 0 Å². The number of carbonyl (C=O) groups is 1. The number of hydrogen-bond acceptors (Lipinski definition) is 2. The van der Waals surface area contributed by atoms with Crippen molar-refractivity contribution in [3.63, 3.8) is 0 Å². The molecule has 16 heavy (non-hydrogen) atoms. The normalized spacial score (nSPS) is 18.8. The molecule has 2 rings (SSSR count). The summed E-state index contributed by atoms with van der Waals surface area (Å²) in [6, 6.07) is 6.03. The van der Waals surface area contributed by atoms with Gasteiger partial charge in [0.15, 0.2) is 0 Å². The molecule has 0 unspecified atom stereocenters. The maximum Gasteiger partial charge on any atom is 0.150 e. The Hall–Kier alpha value is -1.31. The van der Waals surface area contributed by atoms with Crippen molar-refractivity contribution in [2.24, 2.45) is 0 Å². The van der Waals surface area contributed by atoms with E-state index in [0.29, 0.717) is 0 Å². The van der Waals surface area contributed by atoms with Crippen LogP contribution in [0.15, 0.2) is 18.2 Å². The van der Waals surface area contributed by atoms with Crippen LogP contribution in [0.25, 0.3) is 0 Å². The molecule has 0 saturated heterocycles. The molecule has 2 heteroatoms. The molecule has 1 heterocycles. The van der Waals surface area contributed by atoms with Crippen LogP contribution in [0.3, 0.4) is 0 Å². The van der Waals surface area contributed by atoms with E-state index in [0.717, 1.165) is 18.4 Å². The van der Waals surface area contributed by atoms with E-state index in [4.69, 9.17) is 0 Å². The van der Waals surface area contributed by atoms with Crippen LogP contribution >= 0.6 is 0 Å². The first-order valence-electron chi connectivity index (χ1n) is 5.85. The fraction of sp³-hybridized carbons (Fsp3) is 0.500. The quantitative estimate of drug-likeness (QED) is 0.674. The molecule has 2 nitrogen and oxygen atoms in total. The van der Waals surface area contributed by atoms with Gasteiger partial charge in [0, 0.05) is 24.8 Å². The van der Waals surface area contributed by atoms with Crippen LogP contribution in [0.2, 0.25) is 0 Å². The van der Waals surface area contributed by atoms with Crippen molar-refractivity contribution < 1.29 is 4.79 Å². The molecule has 0 fully saturated rings. The van der Waals surface area contributed by atoms with Crippen LogP contribution in [-0.2, 0) is 5.41 Å². The zero-order valence-corrected chi connectivity index (χ0v) is 10.3. The lowest BCUT2D eigenvalue weighted by atomic mass is 9.80. The fourth-order valence-electron chi connectivity index (χ4n) is 2.52. The zero-order chi connectivity index (χ0) is 11.8. The number of hydrogen-bond donors (Lipinski definition) is 0. The van der Waals surface area contributed by atoms with Crippen LogP contribution in [-0.4, -0.2) is 19.9 Å². The summed E-state index contributed by atoms with van der Waals surface area (Å²) in [5.41, 5.74) is 3.52. The van der Waals surface area contributed by atoms with E-state index >= 15 is 0 Å². The van der Waals surface area contributed by atoms with Gasteiger partial charge in [-0.15, -0.1) is 0 Å². The van der Waals surface area contributed by atoms with Crippen molar-refractivity contribution >= 4 is 12.0 Å². The highest BCUT2D eigenvalue weighted by Gasteiger charge is 2.27. The Morgan fingerprint density at radius 3 is 2.81 bits per heavy atom. The average Bonchev–Trinajstić information content (AvgIpc) is 2.37. The Morgan fingerprint density at radius 1 is 1.38 bits per heavy atom. The van der Waals surface area contributed by atoms with Crippen molar-refractivity contribution in [2.75, 3.05) is 18.5 Å². The highest BCUT2D eigenvalue weighted by atomic mass is 16.1. The van der Waals surface area contributed by atoms with E-state index in [1.165, 1.54) is 24.1 Å². The molecule has 1 aliphatic rings. The van der Waals surface area contributed by atoms with Gasteiger partial charge in [0.05, 0.1) is 0 Å². The minimum absolute atomic E-state index is 0.166. The van der Waals surface area contributed by atoms with Crippen LogP contribution in [0.1, 0.15) is 42.6 Å². The third kappa shape index (κ3) is 1.84. The molecule has 0 atom stereocenters. The van der Waals surface area contributed by atoms with Crippen LogP contribution in [0.5, 0.6) is 0 Å². The van der Waals surface area contributed by atoms with Crippen molar-refractivity contribution in [1.82, 2.24) is 0 Å². The minimum atomic E-state index is 0.166. The molecular formula is C14H19NO. The maximum atomic E-state index is 10.9. The monoisotopic (exact) mass is 217 g/mol. The summed E-state index contributed by atoms with van der Waals surface area (Å²) in [6.45, 7) is 5.62. The number of rotatable bonds is 1. The van der Waals surface area contributed by atoms with Crippen molar-refractivity contribution in [1.29, 1.82) is 0 Å². The first-order valence-corrected chi connectivity index (χ1v) is 5.85. The van der Waals surface area contributed by atoms with Crippen molar-refractivity contribution in [3.8, 4) is 0 Å². The number of carbonyl (C=O) groups excluding carboxylic acids is 1. The summed E-state index contributed by atoms with van der Waals surface area (Å²) in [4.78, 5) is 13.1. The van der Waals surface area contributed by atoms with Crippen molar-refractivity contribution in [3.05, 3.63) is 29.3 Å². The third-order valence-electron chi connectivity index (χ3n) is 3.59. The van der Waals surface area contributed by atoms with E-state index in [9.17, 15) is 4.79 Å². The van der Waals surface area contributed by atoms with E-state index in [1.807, 2.05) is 12.1 Å². The Kier molecular flexibility index (Phi) is 2.75. The van der Waals surface area contributed by atoms with Crippen LogP contribution in [0.4, 0.5) is 5.69 Å². The molecule has 1 aliphatic heterocycles.